The zero-order valence-corrected chi connectivity index (χ0v) is 16.7. The van der Waals surface area contributed by atoms with Crippen LogP contribution >= 0.6 is 24.8 Å². The number of benzene rings is 1. The predicted octanol–water partition coefficient (Wildman–Crippen LogP) is 2.50. The summed E-state index contributed by atoms with van der Waals surface area (Å²) in [5.74, 6) is -0.261. The Morgan fingerprint density at radius 3 is 2.07 bits per heavy atom. The molecule has 0 fully saturated rings. The van der Waals surface area contributed by atoms with Crippen LogP contribution in [0.5, 0.6) is 0 Å². The van der Waals surface area contributed by atoms with Crippen molar-refractivity contribution >= 4 is 53.8 Å². The van der Waals surface area contributed by atoms with Gasteiger partial charge >= 0.3 is 0 Å². The quantitative estimate of drug-likeness (QED) is 0.261. The van der Waals surface area contributed by atoms with Crippen LogP contribution in [0.1, 0.15) is 23.9 Å². The molecule has 0 atom stereocenters. The fraction of sp³-hybridized carbons (Fsp3) is 0.200. The number of nitrogens with one attached hydrogen (secondary N) is 1. The molecule has 146 valence electrons. The van der Waals surface area contributed by atoms with Crippen molar-refractivity contribution in [3.63, 3.8) is 0 Å². The van der Waals surface area contributed by atoms with Crippen molar-refractivity contribution in [1.82, 2.24) is 9.78 Å². The molecule has 0 spiro atoms. The third-order valence-electron chi connectivity index (χ3n) is 3.35. The molecular weight excluding hydrogens is 391 g/mol. The van der Waals surface area contributed by atoms with E-state index in [0.29, 0.717) is 28.5 Å². The molecule has 2 rings (SSSR count). The Kier molecular flexibility index (Phi) is 9.11. The van der Waals surface area contributed by atoms with E-state index in [2.05, 4.69) is 25.5 Å². The van der Waals surface area contributed by atoms with E-state index in [1.807, 2.05) is 12.1 Å². The highest BCUT2D eigenvalue weighted by Gasteiger charge is 2.12. The maximum absolute atomic E-state index is 7.48. The summed E-state index contributed by atoms with van der Waals surface area (Å²) in [7, 11) is 0. The van der Waals surface area contributed by atoms with Gasteiger partial charge < -0.3 is 17.2 Å². The van der Waals surface area contributed by atoms with E-state index < -0.39 is 0 Å². The number of rotatable bonds is 4. The van der Waals surface area contributed by atoms with Crippen LogP contribution in [-0.2, 0) is 0 Å². The maximum atomic E-state index is 7.48. The Labute approximate surface area is 169 Å². The fourth-order valence-corrected chi connectivity index (χ4v) is 2.08. The number of hydrogen-bond donors (Lipinski definition) is 4. The lowest BCUT2D eigenvalue weighted by atomic mass is 10.1. The molecule has 0 radical (unpaired) electrons. The van der Waals surface area contributed by atoms with E-state index in [-0.39, 0.29) is 36.7 Å². The van der Waals surface area contributed by atoms with Gasteiger partial charge in [-0.2, -0.15) is 15.3 Å². The zero-order chi connectivity index (χ0) is 18.6. The molecule has 1 heterocycles. The van der Waals surface area contributed by atoms with Gasteiger partial charge in [0.15, 0.2) is 0 Å². The Morgan fingerprint density at radius 2 is 1.59 bits per heavy atom. The first-order valence-electron chi connectivity index (χ1n) is 7.35. The molecule has 0 aliphatic carbocycles. The van der Waals surface area contributed by atoms with Gasteiger partial charge in [0.1, 0.15) is 5.69 Å². The van der Waals surface area contributed by atoms with Gasteiger partial charge in [0, 0.05) is 0 Å². The Hall–Kier alpha value is -2.98. The Balaban J connectivity index is 0.00000338. The SMILES string of the molecule is C/C(=N\N=C(N)N)c1ccc(N=Nc2c(C)nn(C(=N)N)c2C)cc1.Cl.Cl. The lowest BCUT2D eigenvalue weighted by Crippen LogP contribution is -2.22. The number of aromatic nitrogens is 2. The Morgan fingerprint density at radius 1 is 1.00 bits per heavy atom. The number of hydrogen-bond acceptors (Lipinski definition) is 6. The normalized spacial score (nSPS) is 10.9. The minimum atomic E-state index is -0.165. The van der Waals surface area contributed by atoms with E-state index >= 15 is 0 Å². The van der Waals surface area contributed by atoms with Gasteiger partial charge in [-0.1, -0.05) is 12.1 Å². The Bertz CT molecular complexity index is 877. The molecule has 2 aromatic rings. The topological polar surface area (TPSA) is 169 Å². The molecule has 1 aromatic carbocycles. The van der Waals surface area contributed by atoms with Gasteiger partial charge in [0.2, 0.25) is 11.9 Å². The highest BCUT2D eigenvalue weighted by atomic mass is 35.5. The first-order chi connectivity index (χ1) is 11.8. The summed E-state index contributed by atoms with van der Waals surface area (Å²) in [5.41, 5.74) is 20.0. The maximum Gasteiger partial charge on any atom is 0.213 e. The van der Waals surface area contributed by atoms with E-state index in [1.54, 1.807) is 32.9 Å². The highest BCUT2D eigenvalue weighted by Crippen LogP contribution is 2.25. The van der Waals surface area contributed by atoms with Gasteiger partial charge in [0.25, 0.3) is 0 Å². The summed E-state index contributed by atoms with van der Waals surface area (Å²) in [4.78, 5) is 0. The third kappa shape index (κ3) is 6.04. The van der Waals surface area contributed by atoms with Gasteiger partial charge in [0.05, 0.1) is 22.8 Å². The lowest BCUT2D eigenvalue weighted by Gasteiger charge is -2.00. The molecule has 0 bridgehead atoms. The molecule has 12 heteroatoms. The molecule has 0 aliphatic rings. The first kappa shape index (κ1) is 24.0. The molecule has 0 saturated carbocycles. The summed E-state index contributed by atoms with van der Waals surface area (Å²) in [6.45, 7) is 5.36. The number of nitrogens with two attached hydrogens (primary N) is 3. The lowest BCUT2D eigenvalue weighted by molar-refractivity contribution is 0.863. The molecule has 27 heavy (non-hydrogen) atoms. The molecule has 0 aliphatic heterocycles. The van der Waals surface area contributed by atoms with Crippen molar-refractivity contribution in [1.29, 1.82) is 5.41 Å². The molecule has 7 N–H and O–H groups in total. The van der Waals surface area contributed by atoms with Crippen LogP contribution in [0.3, 0.4) is 0 Å². The van der Waals surface area contributed by atoms with Crippen LogP contribution in [0, 0.1) is 19.3 Å². The van der Waals surface area contributed by atoms with Gasteiger partial charge in [-0.05, 0) is 38.5 Å². The molecular formula is C15H22Cl2N10. The summed E-state index contributed by atoms with van der Waals surface area (Å²) in [5, 5.41) is 27.6. The average Bonchev–Trinajstić information content (AvgIpc) is 2.86. The summed E-state index contributed by atoms with van der Waals surface area (Å²) >= 11 is 0. The monoisotopic (exact) mass is 412 g/mol. The number of guanidine groups is 1. The van der Waals surface area contributed by atoms with Crippen molar-refractivity contribution in [2.45, 2.75) is 20.8 Å². The van der Waals surface area contributed by atoms with Gasteiger partial charge in [-0.3, -0.25) is 5.41 Å². The third-order valence-corrected chi connectivity index (χ3v) is 3.35. The minimum Gasteiger partial charge on any atom is -0.369 e. The average molecular weight is 413 g/mol. The standard InChI is InChI=1S/C15H20N10.2ClH/c1-8(20-23-14(16)17)11-4-6-12(7-5-11)21-22-13-9(2)24-25(10(13)3)15(18)19;;/h4-7H,1-3H3,(H3,18,19)(H4,16,17,23);2*1H/b20-8+,22-21?;;. The van der Waals surface area contributed by atoms with Crippen molar-refractivity contribution in [3.05, 3.63) is 41.2 Å². The van der Waals surface area contributed by atoms with Crippen molar-refractivity contribution in [2.75, 3.05) is 0 Å². The second-order valence-corrected chi connectivity index (χ2v) is 5.27. The van der Waals surface area contributed by atoms with E-state index in [1.165, 1.54) is 4.68 Å². The number of halogens is 2. The minimum absolute atomic E-state index is 0. The summed E-state index contributed by atoms with van der Waals surface area (Å²) in [6.07, 6.45) is 0. The number of aryl methyl sites for hydroxylation is 1. The van der Waals surface area contributed by atoms with Crippen molar-refractivity contribution in [3.8, 4) is 0 Å². The number of azo groups is 1. The number of nitrogens with zero attached hydrogens (tertiary/aromatic N) is 6. The number of nitrogen functional groups attached to an aromatic ring is 1. The molecule has 10 nitrogen and oxygen atoms in total. The molecule has 0 saturated heterocycles. The van der Waals surface area contributed by atoms with Crippen LogP contribution in [-0.4, -0.2) is 27.4 Å². The van der Waals surface area contributed by atoms with E-state index in [0.717, 1.165) is 5.56 Å². The van der Waals surface area contributed by atoms with Crippen molar-refractivity contribution in [2.24, 2.45) is 37.6 Å². The molecule has 0 unspecified atom stereocenters. The fourth-order valence-electron chi connectivity index (χ4n) is 2.08. The van der Waals surface area contributed by atoms with Crippen LogP contribution < -0.4 is 17.2 Å². The smallest absolute Gasteiger partial charge is 0.213 e. The molecule has 1 aromatic heterocycles. The molecule has 0 amide bonds. The summed E-state index contributed by atoms with van der Waals surface area (Å²) < 4.78 is 1.32. The van der Waals surface area contributed by atoms with Crippen LogP contribution in [0.25, 0.3) is 0 Å². The predicted molar refractivity (Wildman–Crippen MR) is 112 cm³/mol. The van der Waals surface area contributed by atoms with E-state index in [4.69, 9.17) is 22.6 Å². The van der Waals surface area contributed by atoms with Crippen LogP contribution in [0.4, 0.5) is 11.4 Å². The van der Waals surface area contributed by atoms with Crippen LogP contribution in [0.2, 0.25) is 0 Å². The zero-order valence-electron chi connectivity index (χ0n) is 15.0. The summed E-state index contributed by atoms with van der Waals surface area (Å²) in [6, 6.07) is 7.28. The van der Waals surface area contributed by atoms with E-state index in [9.17, 15) is 0 Å². The van der Waals surface area contributed by atoms with Gasteiger partial charge in [-0.15, -0.1) is 35.0 Å². The largest absolute Gasteiger partial charge is 0.369 e. The highest BCUT2D eigenvalue weighted by molar-refractivity contribution is 5.99. The van der Waals surface area contributed by atoms with Crippen LogP contribution in [0.15, 0.2) is 44.7 Å². The van der Waals surface area contributed by atoms with Crippen molar-refractivity contribution < 1.29 is 0 Å². The first-order valence-corrected chi connectivity index (χ1v) is 7.35. The second kappa shape index (κ2) is 10.2. The second-order valence-electron chi connectivity index (χ2n) is 5.27. The van der Waals surface area contributed by atoms with Gasteiger partial charge in [-0.25, -0.2) is 4.68 Å².